The monoisotopic (exact) mass is 1120 g/mol. The van der Waals surface area contributed by atoms with Gasteiger partial charge in [0, 0.05) is 71.4 Å². The van der Waals surface area contributed by atoms with Crippen molar-refractivity contribution in [3.8, 4) is 78.4 Å². The molecule has 0 aliphatic carbocycles. The summed E-state index contributed by atoms with van der Waals surface area (Å²) in [6.07, 6.45) is 0. The van der Waals surface area contributed by atoms with E-state index in [9.17, 15) is 0 Å². The highest BCUT2D eigenvalue weighted by molar-refractivity contribution is 6.23. The summed E-state index contributed by atoms with van der Waals surface area (Å²) in [6.45, 7) is 0. The number of fused-ring (bicyclic) bond motifs is 12. The van der Waals surface area contributed by atoms with Crippen molar-refractivity contribution in [2.24, 2.45) is 0 Å². The van der Waals surface area contributed by atoms with Crippen LogP contribution in [0, 0.1) is 0 Å². The van der Waals surface area contributed by atoms with Gasteiger partial charge in [0.2, 0.25) is 0 Å². The van der Waals surface area contributed by atoms with E-state index >= 15 is 0 Å². The predicted molar refractivity (Wildman–Crippen MR) is 371 cm³/mol. The van der Waals surface area contributed by atoms with Crippen molar-refractivity contribution < 1.29 is 0 Å². The minimum absolute atomic E-state index is 1.11. The molecule has 0 fully saturated rings. The fraction of sp³-hybridized carbons (Fsp3) is 0. The highest BCUT2D eigenvalue weighted by Crippen LogP contribution is 2.46. The Kier molecular flexibility index (Phi) is 11.3. The summed E-state index contributed by atoms with van der Waals surface area (Å²) in [5.41, 5.74) is 25.6. The molecule has 14 aromatic carbocycles. The molecule has 88 heavy (non-hydrogen) atoms. The third-order valence-corrected chi connectivity index (χ3v) is 18.3. The van der Waals surface area contributed by atoms with Gasteiger partial charge in [0.15, 0.2) is 0 Å². The standard InChI is InChI=1S/C84H54N4/c1-6-23-55(24-7-1)59-31-20-35-65(46-59)86-77-41-18-16-37-69(77)74-53-83-76(54-81(74)86)72-40-22-39-68(84(72)88(83)66-36-21-32-60(47-66)56-25-8-2-9-26-56)61-43-44-71-75-52-82-73(51-80(75)85(79(71)50-61)64-33-14-5-15-34-64)70-38-17-19-42-78(70)87(82)67-48-62(57-27-10-3-11-28-57)45-63(49-67)58-29-12-4-13-30-58/h1-54H. The van der Waals surface area contributed by atoms with Crippen LogP contribution in [0.4, 0.5) is 0 Å². The Morgan fingerprint density at radius 3 is 1.01 bits per heavy atom. The number of nitrogens with zero attached hydrogens (tertiary/aromatic N) is 4. The van der Waals surface area contributed by atoms with Gasteiger partial charge in [0.25, 0.3) is 0 Å². The molecule has 0 atom stereocenters. The van der Waals surface area contributed by atoms with Gasteiger partial charge in [-0.3, -0.25) is 0 Å². The largest absolute Gasteiger partial charge is 0.309 e. The van der Waals surface area contributed by atoms with E-state index in [4.69, 9.17) is 0 Å². The first-order chi connectivity index (χ1) is 43.6. The van der Waals surface area contributed by atoms with Gasteiger partial charge in [-0.15, -0.1) is 0 Å². The average Bonchev–Trinajstić information content (AvgIpc) is 1.68. The van der Waals surface area contributed by atoms with Crippen LogP contribution in [0.5, 0.6) is 0 Å². The lowest BCUT2D eigenvalue weighted by atomic mass is 9.98. The highest BCUT2D eigenvalue weighted by atomic mass is 15.0. The summed E-state index contributed by atoms with van der Waals surface area (Å²) in [6, 6.07) is 121. The lowest BCUT2D eigenvalue weighted by molar-refractivity contribution is 1.17. The lowest BCUT2D eigenvalue weighted by Crippen LogP contribution is -1.97. The van der Waals surface area contributed by atoms with Crippen LogP contribution in [0.2, 0.25) is 0 Å². The van der Waals surface area contributed by atoms with E-state index in [1.807, 2.05) is 0 Å². The summed E-state index contributed by atoms with van der Waals surface area (Å²) in [4.78, 5) is 0. The van der Waals surface area contributed by atoms with Crippen LogP contribution in [0.15, 0.2) is 328 Å². The molecule has 410 valence electrons. The molecular weight excluding hydrogens is 1060 g/mol. The molecule has 0 bridgehead atoms. The maximum atomic E-state index is 2.54. The van der Waals surface area contributed by atoms with E-state index in [0.717, 1.165) is 61.5 Å². The van der Waals surface area contributed by atoms with Crippen molar-refractivity contribution in [3.63, 3.8) is 0 Å². The first-order valence-corrected chi connectivity index (χ1v) is 30.3. The second-order valence-corrected chi connectivity index (χ2v) is 23.3. The fourth-order valence-corrected chi connectivity index (χ4v) is 14.3. The SMILES string of the molecule is c1ccc(-c2cccc(-n3c4ccccc4c4cc5c(cc43)c3cccc(-c4ccc6c7cc8c(cc7n(-c7ccccc7)c6c4)c4ccccc4n8-c4cc(-c6ccccc6)cc(-c6ccccc6)c4)c3n5-c3cccc(-c4ccccc4)c3)c2)cc1. The quantitative estimate of drug-likeness (QED) is 0.137. The molecule has 4 heterocycles. The smallest absolute Gasteiger partial charge is 0.0619 e. The maximum Gasteiger partial charge on any atom is 0.0619 e. The zero-order valence-corrected chi connectivity index (χ0v) is 48.0. The topological polar surface area (TPSA) is 19.7 Å². The van der Waals surface area contributed by atoms with Crippen LogP contribution >= 0.6 is 0 Å². The van der Waals surface area contributed by atoms with Crippen molar-refractivity contribution in [1.29, 1.82) is 0 Å². The van der Waals surface area contributed by atoms with Crippen LogP contribution in [0.3, 0.4) is 0 Å². The molecule has 0 unspecified atom stereocenters. The number of hydrogen-bond donors (Lipinski definition) is 0. The van der Waals surface area contributed by atoms with Crippen molar-refractivity contribution in [1.82, 2.24) is 18.3 Å². The fourth-order valence-electron chi connectivity index (χ4n) is 14.3. The molecule has 18 aromatic rings. The Labute approximate surface area is 508 Å². The minimum atomic E-state index is 1.11. The van der Waals surface area contributed by atoms with E-state index in [1.165, 1.54) is 104 Å². The van der Waals surface area contributed by atoms with E-state index in [1.54, 1.807) is 0 Å². The van der Waals surface area contributed by atoms with Gasteiger partial charge >= 0.3 is 0 Å². The van der Waals surface area contributed by atoms with Crippen LogP contribution in [0.25, 0.3) is 166 Å². The molecule has 4 aromatic heterocycles. The molecule has 0 N–H and O–H groups in total. The lowest BCUT2D eigenvalue weighted by Gasteiger charge is -2.14. The number of aromatic nitrogens is 4. The van der Waals surface area contributed by atoms with Gasteiger partial charge in [0.05, 0.1) is 44.1 Å². The molecule has 0 saturated heterocycles. The van der Waals surface area contributed by atoms with Crippen LogP contribution in [0.1, 0.15) is 0 Å². The molecule has 0 aliphatic heterocycles. The zero-order valence-electron chi connectivity index (χ0n) is 48.0. The van der Waals surface area contributed by atoms with Crippen molar-refractivity contribution >= 4 is 87.2 Å². The molecule has 18 rings (SSSR count). The Bertz CT molecular complexity index is 5710. The van der Waals surface area contributed by atoms with E-state index < -0.39 is 0 Å². The molecule has 4 heteroatoms. The Balaban J connectivity index is 0.892. The van der Waals surface area contributed by atoms with Gasteiger partial charge in [-0.2, -0.15) is 0 Å². The first-order valence-electron chi connectivity index (χ1n) is 30.3. The number of hydrogen-bond acceptors (Lipinski definition) is 0. The first kappa shape index (κ1) is 49.7. The molecule has 0 saturated carbocycles. The molecule has 4 nitrogen and oxygen atoms in total. The van der Waals surface area contributed by atoms with Gasteiger partial charge in [-0.1, -0.05) is 231 Å². The summed E-state index contributed by atoms with van der Waals surface area (Å²) in [7, 11) is 0. The summed E-state index contributed by atoms with van der Waals surface area (Å²) in [5.74, 6) is 0. The second kappa shape index (κ2) is 20.0. The van der Waals surface area contributed by atoms with E-state index in [-0.39, 0.29) is 0 Å². The third-order valence-electron chi connectivity index (χ3n) is 18.3. The van der Waals surface area contributed by atoms with Crippen molar-refractivity contribution in [2.45, 2.75) is 0 Å². The van der Waals surface area contributed by atoms with Crippen LogP contribution in [-0.2, 0) is 0 Å². The van der Waals surface area contributed by atoms with Gasteiger partial charge in [-0.25, -0.2) is 0 Å². The molecule has 0 radical (unpaired) electrons. The Hall–Kier alpha value is -11.7. The number of rotatable bonds is 9. The molecule has 0 aliphatic rings. The normalized spacial score (nSPS) is 11.9. The number of para-hydroxylation sites is 4. The average molecular weight is 1120 g/mol. The summed E-state index contributed by atoms with van der Waals surface area (Å²) in [5, 5.41) is 9.63. The highest BCUT2D eigenvalue weighted by Gasteiger charge is 2.24. The van der Waals surface area contributed by atoms with Gasteiger partial charge in [0.1, 0.15) is 0 Å². The predicted octanol–water partition coefficient (Wildman–Crippen LogP) is 22.4. The molecular formula is C84H54N4. The Morgan fingerprint density at radius 1 is 0.148 bits per heavy atom. The minimum Gasteiger partial charge on any atom is -0.309 e. The second-order valence-electron chi connectivity index (χ2n) is 23.3. The summed E-state index contributed by atoms with van der Waals surface area (Å²) < 4.78 is 9.99. The van der Waals surface area contributed by atoms with Crippen LogP contribution < -0.4 is 0 Å². The zero-order chi connectivity index (χ0) is 57.8. The summed E-state index contributed by atoms with van der Waals surface area (Å²) >= 11 is 0. The van der Waals surface area contributed by atoms with Crippen molar-refractivity contribution in [3.05, 3.63) is 328 Å². The van der Waals surface area contributed by atoms with E-state index in [0.29, 0.717) is 0 Å². The van der Waals surface area contributed by atoms with Gasteiger partial charge in [-0.05, 0) is 147 Å². The maximum absolute atomic E-state index is 2.54. The number of benzene rings is 14. The van der Waals surface area contributed by atoms with Gasteiger partial charge < -0.3 is 18.3 Å². The Morgan fingerprint density at radius 2 is 0.489 bits per heavy atom. The van der Waals surface area contributed by atoms with Crippen molar-refractivity contribution in [2.75, 3.05) is 0 Å². The molecule has 0 spiro atoms. The van der Waals surface area contributed by atoms with Crippen LogP contribution in [-0.4, -0.2) is 18.3 Å². The van der Waals surface area contributed by atoms with E-state index in [2.05, 4.69) is 346 Å². The molecule has 0 amide bonds. The third kappa shape index (κ3) is 7.86.